The Morgan fingerprint density at radius 3 is 2.50 bits per heavy atom. The van der Waals surface area contributed by atoms with E-state index in [0.717, 1.165) is 5.56 Å². The van der Waals surface area contributed by atoms with Gasteiger partial charge in [-0.1, -0.05) is 47.7 Å². The number of rotatable bonds is 8. The highest BCUT2D eigenvalue weighted by molar-refractivity contribution is 7.15. The van der Waals surface area contributed by atoms with E-state index in [9.17, 15) is 14.7 Å². The van der Waals surface area contributed by atoms with Gasteiger partial charge in [0.2, 0.25) is 5.13 Å². The number of aromatic nitrogens is 2. The van der Waals surface area contributed by atoms with Gasteiger partial charge in [0, 0.05) is 5.56 Å². The standard InChI is InChI=1S/C31H27N3O7S/c1-3-38-24-15-20(9-11-23(24)41-17-19-7-5-4-6-8-19)27-26(29(36)30(37)34(27)31-33-32-18(2)42-31)28(35)21-10-12-22-25(16-21)40-14-13-39-22/h4-12,15-16,27,35H,3,13-14,17H2,1-2H3/b28-26-. The highest BCUT2D eigenvalue weighted by Crippen LogP contribution is 2.45. The molecule has 1 saturated heterocycles. The van der Waals surface area contributed by atoms with Crippen molar-refractivity contribution in [2.75, 3.05) is 24.7 Å². The molecule has 2 aliphatic heterocycles. The number of fused-ring (bicyclic) bond motifs is 1. The van der Waals surface area contributed by atoms with Gasteiger partial charge in [0.05, 0.1) is 18.2 Å². The van der Waals surface area contributed by atoms with E-state index in [0.29, 0.717) is 65.6 Å². The van der Waals surface area contributed by atoms with Gasteiger partial charge in [0.15, 0.2) is 23.0 Å². The normalized spacial score (nSPS) is 17.4. The van der Waals surface area contributed by atoms with Crippen molar-refractivity contribution in [2.45, 2.75) is 26.5 Å². The second-order valence-electron chi connectivity index (χ2n) is 9.54. The summed E-state index contributed by atoms with van der Waals surface area (Å²) in [6.07, 6.45) is 0. The molecular formula is C31H27N3O7S. The molecule has 10 nitrogen and oxygen atoms in total. The first-order valence-electron chi connectivity index (χ1n) is 13.4. The number of hydrogen-bond donors (Lipinski definition) is 1. The van der Waals surface area contributed by atoms with Crippen LogP contribution < -0.4 is 23.8 Å². The van der Waals surface area contributed by atoms with Crippen molar-refractivity contribution in [1.29, 1.82) is 0 Å². The predicted octanol–water partition coefficient (Wildman–Crippen LogP) is 5.22. The summed E-state index contributed by atoms with van der Waals surface area (Å²) in [6.45, 7) is 5.07. The maximum atomic E-state index is 13.6. The summed E-state index contributed by atoms with van der Waals surface area (Å²) in [4.78, 5) is 28.3. The van der Waals surface area contributed by atoms with Crippen LogP contribution in [0.15, 0.2) is 72.3 Å². The van der Waals surface area contributed by atoms with Crippen LogP contribution in [0.3, 0.4) is 0 Å². The molecule has 6 rings (SSSR count). The molecule has 1 amide bonds. The smallest absolute Gasteiger partial charge is 0.301 e. The largest absolute Gasteiger partial charge is 0.507 e. The number of ether oxygens (including phenoxy) is 4. The number of carbonyl (C=O) groups is 2. The first kappa shape index (κ1) is 27.3. The van der Waals surface area contributed by atoms with Gasteiger partial charge in [0.1, 0.15) is 30.6 Å². The summed E-state index contributed by atoms with van der Waals surface area (Å²) in [6, 6.07) is 18.8. The molecule has 1 atom stereocenters. The molecule has 1 fully saturated rings. The highest BCUT2D eigenvalue weighted by Gasteiger charge is 2.48. The summed E-state index contributed by atoms with van der Waals surface area (Å²) >= 11 is 1.17. The van der Waals surface area contributed by atoms with E-state index in [2.05, 4.69) is 10.2 Å². The van der Waals surface area contributed by atoms with E-state index in [1.165, 1.54) is 16.2 Å². The quantitative estimate of drug-likeness (QED) is 0.169. The molecule has 3 heterocycles. The van der Waals surface area contributed by atoms with Gasteiger partial charge in [-0.2, -0.15) is 0 Å². The first-order valence-corrected chi connectivity index (χ1v) is 14.2. The van der Waals surface area contributed by atoms with Crippen LogP contribution in [0.5, 0.6) is 23.0 Å². The van der Waals surface area contributed by atoms with Gasteiger partial charge in [-0.15, -0.1) is 10.2 Å². The minimum Gasteiger partial charge on any atom is -0.507 e. The van der Waals surface area contributed by atoms with Crippen LogP contribution in [0.4, 0.5) is 5.13 Å². The van der Waals surface area contributed by atoms with Gasteiger partial charge in [0.25, 0.3) is 5.78 Å². The fourth-order valence-electron chi connectivity index (χ4n) is 4.89. The average molecular weight is 586 g/mol. The van der Waals surface area contributed by atoms with Crippen molar-refractivity contribution in [2.24, 2.45) is 0 Å². The molecule has 11 heteroatoms. The van der Waals surface area contributed by atoms with Gasteiger partial charge in [-0.3, -0.25) is 14.5 Å². The summed E-state index contributed by atoms with van der Waals surface area (Å²) < 4.78 is 23.3. The Balaban J connectivity index is 1.45. The maximum absolute atomic E-state index is 13.6. The molecule has 0 aliphatic carbocycles. The van der Waals surface area contributed by atoms with Crippen LogP contribution in [-0.2, 0) is 16.2 Å². The number of aliphatic hydroxyl groups is 1. The van der Waals surface area contributed by atoms with Crippen molar-refractivity contribution in [3.05, 3.63) is 94.0 Å². The van der Waals surface area contributed by atoms with E-state index < -0.39 is 17.7 Å². The second-order valence-corrected chi connectivity index (χ2v) is 10.7. The number of anilines is 1. The van der Waals surface area contributed by atoms with Crippen LogP contribution >= 0.6 is 11.3 Å². The molecule has 0 spiro atoms. The SMILES string of the molecule is CCOc1cc(C2/C(=C(/O)c3ccc4c(c3)OCCO4)C(=O)C(=O)N2c2nnc(C)s2)ccc1OCc1ccccc1. The lowest BCUT2D eigenvalue weighted by Crippen LogP contribution is -2.29. The van der Waals surface area contributed by atoms with Crippen molar-refractivity contribution in [1.82, 2.24) is 10.2 Å². The molecule has 0 radical (unpaired) electrons. The Labute approximate surface area is 245 Å². The number of nitrogens with zero attached hydrogens (tertiary/aromatic N) is 3. The van der Waals surface area contributed by atoms with Gasteiger partial charge in [-0.05, 0) is 55.3 Å². The van der Waals surface area contributed by atoms with Crippen LogP contribution in [0.1, 0.15) is 34.7 Å². The molecule has 0 saturated carbocycles. The lowest BCUT2D eigenvalue weighted by atomic mass is 9.95. The van der Waals surface area contributed by atoms with Crippen molar-refractivity contribution in [3.63, 3.8) is 0 Å². The van der Waals surface area contributed by atoms with Gasteiger partial charge >= 0.3 is 5.91 Å². The molecule has 1 aromatic heterocycles. The number of hydrogen-bond acceptors (Lipinski definition) is 10. The Bertz CT molecular complexity index is 1690. The zero-order valence-corrected chi connectivity index (χ0v) is 23.7. The molecule has 4 aromatic rings. The number of Topliss-reactive ketones (excluding diaryl/α,β-unsaturated/α-hetero) is 1. The van der Waals surface area contributed by atoms with Crippen LogP contribution in [0, 0.1) is 6.92 Å². The lowest BCUT2D eigenvalue weighted by molar-refractivity contribution is -0.132. The average Bonchev–Trinajstić information content (AvgIpc) is 3.56. The minimum absolute atomic E-state index is 0.0927. The number of amides is 1. The number of aryl methyl sites for hydroxylation is 1. The Morgan fingerprint density at radius 1 is 0.976 bits per heavy atom. The van der Waals surface area contributed by atoms with Crippen molar-refractivity contribution in [3.8, 4) is 23.0 Å². The molecule has 3 aromatic carbocycles. The highest BCUT2D eigenvalue weighted by atomic mass is 32.1. The molecule has 2 aliphatic rings. The van der Waals surface area contributed by atoms with E-state index >= 15 is 0 Å². The van der Waals surface area contributed by atoms with E-state index in [-0.39, 0.29) is 16.5 Å². The third-order valence-corrected chi connectivity index (χ3v) is 7.64. The fraction of sp³-hybridized carbons (Fsp3) is 0.226. The minimum atomic E-state index is -1.01. The second kappa shape index (κ2) is 11.5. The third-order valence-electron chi connectivity index (χ3n) is 6.80. The molecule has 0 bridgehead atoms. The molecule has 1 unspecified atom stereocenters. The molecule has 214 valence electrons. The Morgan fingerprint density at radius 2 is 1.76 bits per heavy atom. The Kier molecular flexibility index (Phi) is 7.49. The number of carbonyl (C=O) groups excluding carboxylic acids is 2. The third kappa shape index (κ3) is 5.14. The maximum Gasteiger partial charge on any atom is 0.301 e. The summed E-state index contributed by atoms with van der Waals surface area (Å²) in [5, 5.41) is 20.6. The van der Waals surface area contributed by atoms with Crippen molar-refractivity contribution < 1.29 is 33.6 Å². The van der Waals surface area contributed by atoms with E-state index in [1.807, 2.05) is 37.3 Å². The van der Waals surface area contributed by atoms with E-state index in [1.54, 1.807) is 43.3 Å². The Hall–Kier alpha value is -4.90. The van der Waals surface area contributed by atoms with Crippen molar-refractivity contribution >= 4 is 33.9 Å². The zero-order chi connectivity index (χ0) is 29.2. The fourth-order valence-corrected chi connectivity index (χ4v) is 5.61. The first-order chi connectivity index (χ1) is 20.4. The summed E-state index contributed by atoms with van der Waals surface area (Å²) in [5.41, 5.74) is 1.73. The number of ketones is 1. The van der Waals surface area contributed by atoms with E-state index in [4.69, 9.17) is 18.9 Å². The van der Waals surface area contributed by atoms with Crippen LogP contribution in [-0.4, -0.2) is 46.8 Å². The molecule has 42 heavy (non-hydrogen) atoms. The lowest BCUT2D eigenvalue weighted by Gasteiger charge is -2.24. The predicted molar refractivity (Wildman–Crippen MR) is 155 cm³/mol. The van der Waals surface area contributed by atoms with Gasteiger partial charge < -0.3 is 24.1 Å². The zero-order valence-electron chi connectivity index (χ0n) is 22.9. The summed E-state index contributed by atoms with van der Waals surface area (Å²) in [5.74, 6) is -0.105. The molecular weight excluding hydrogens is 558 g/mol. The summed E-state index contributed by atoms with van der Waals surface area (Å²) in [7, 11) is 0. The number of aliphatic hydroxyl groups excluding tert-OH is 1. The van der Waals surface area contributed by atoms with Crippen LogP contribution in [0.25, 0.3) is 5.76 Å². The topological polar surface area (TPSA) is 120 Å². The number of benzene rings is 3. The van der Waals surface area contributed by atoms with Crippen LogP contribution in [0.2, 0.25) is 0 Å². The monoisotopic (exact) mass is 585 g/mol. The molecule has 1 N–H and O–H groups in total. The van der Waals surface area contributed by atoms with Gasteiger partial charge in [-0.25, -0.2) is 0 Å².